The first kappa shape index (κ1) is 36.7. The first-order chi connectivity index (χ1) is 16.7. The molecule has 1 amide bonds. The Hall–Kier alpha value is 2.71. The molecular formula is C17H35N3O3S11. The Balaban J connectivity index is 3.22. The maximum atomic E-state index is 11.8. The number of hydrogen-bond donors (Lipinski definition) is 3. The third kappa shape index (κ3) is 30.9. The van der Waals surface area contributed by atoms with Crippen LogP contribution in [0.25, 0.3) is 0 Å². The molecule has 0 saturated heterocycles. The first-order valence-corrected chi connectivity index (χ1v) is 22.8. The van der Waals surface area contributed by atoms with Gasteiger partial charge in [0.2, 0.25) is 0 Å². The lowest BCUT2D eigenvalue weighted by Crippen LogP contribution is -2.17. The van der Waals surface area contributed by atoms with Gasteiger partial charge in [-0.25, -0.2) is 0 Å². The molecule has 0 aliphatic carbocycles. The summed E-state index contributed by atoms with van der Waals surface area (Å²) in [7, 11) is -1.15. The number of nitrogens with one attached hydrogen (secondary N) is 2. The zero-order chi connectivity index (χ0) is 25.0. The van der Waals surface area contributed by atoms with Gasteiger partial charge in [-0.2, -0.15) is 0 Å². The molecule has 0 saturated carbocycles. The molecule has 0 bridgehead atoms. The normalized spacial score (nSPS) is 12.4. The van der Waals surface area contributed by atoms with Crippen LogP contribution in [0.5, 0.6) is 0 Å². The highest BCUT2D eigenvalue weighted by Gasteiger charge is 2.02. The van der Waals surface area contributed by atoms with Crippen molar-refractivity contribution in [1.29, 1.82) is 0 Å². The molecule has 0 aromatic heterocycles. The van der Waals surface area contributed by atoms with Crippen molar-refractivity contribution in [3.05, 3.63) is 0 Å². The molecule has 0 spiro atoms. The Morgan fingerprint density at radius 3 is 2.03 bits per heavy atom. The highest BCUT2D eigenvalue weighted by molar-refractivity contribution is 8.30. The van der Waals surface area contributed by atoms with Crippen LogP contribution in [0.2, 0.25) is 0 Å². The van der Waals surface area contributed by atoms with Crippen LogP contribution in [0.15, 0.2) is 4.99 Å². The summed E-state index contributed by atoms with van der Waals surface area (Å²) in [6.45, 7) is 2.10. The van der Waals surface area contributed by atoms with Crippen molar-refractivity contribution in [3.8, 4) is 0 Å². The molecule has 1 unspecified atom stereocenters. The number of amides is 1. The van der Waals surface area contributed by atoms with Crippen molar-refractivity contribution in [2.24, 2.45) is 4.99 Å². The van der Waals surface area contributed by atoms with Crippen molar-refractivity contribution in [2.75, 3.05) is 77.2 Å². The van der Waals surface area contributed by atoms with Crippen LogP contribution < -0.4 is 10.6 Å². The first-order valence-electron chi connectivity index (χ1n) is 9.99. The second-order valence-corrected chi connectivity index (χ2v) is 19.5. The number of rotatable bonds is 26. The lowest BCUT2D eigenvalue weighted by Gasteiger charge is -2.05. The summed E-state index contributed by atoms with van der Waals surface area (Å²) in [5.41, 5.74) is 1.42. The lowest BCUT2D eigenvalue weighted by atomic mass is 10.9. The molecule has 0 radical (unpaired) electrons. The molecule has 202 valence electrons. The van der Waals surface area contributed by atoms with Crippen molar-refractivity contribution in [1.82, 2.24) is 10.6 Å². The van der Waals surface area contributed by atoms with Crippen molar-refractivity contribution < 1.29 is 14.1 Å². The monoisotopic (exact) mass is 681 g/mol. The maximum Gasteiger partial charge on any atom is 0.280 e. The van der Waals surface area contributed by atoms with Crippen molar-refractivity contribution in [2.45, 2.75) is 6.92 Å². The van der Waals surface area contributed by atoms with Gasteiger partial charge in [-0.1, -0.05) is 18.7 Å². The number of hydrogen-bond acceptors (Lipinski definition) is 15. The molecule has 6 nitrogen and oxygen atoms in total. The van der Waals surface area contributed by atoms with E-state index >= 15 is 0 Å². The van der Waals surface area contributed by atoms with Crippen LogP contribution in [-0.4, -0.2) is 97.3 Å². The molecule has 0 aromatic carbocycles. The van der Waals surface area contributed by atoms with Crippen LogP contribution in [0.4, 0.5) is 4.79 Å². The molecule has 17 heteroatoms. The van der Waals surface area contributed by atoms with Gasteiger partial charge < -0.3 is 10.4 Å². The van der Waals surface area contributed by atoms with Gasteiger partial charge in [-0.15, -0.1) is 106 Å². The highest BCUT2D eigenvalue weighted by atomic mass is 32.3. The third-order valence-electron chi connectivity index (χ3n) is 2.85. The second kappa shape index (κ2) is 31.9. The van der Waals surface area contributed by atoms with Crippen molar-refractivity contribution in [3.63, 3.8) is 0 Å². The number of thioether (sulfide) groups is 10. The van der Waals surface area contributed by atoms with Crippen LogP contribution in [0.1, 0.15) is 6.92 Å². The fourth-order valence-corrected chi connectivity index (χ4v) is 12.6. The lowest BCUT2D eigenvalue weighted by molar-refractivity contribution is 0.262. The Labute approximate surface area is 250 Å². The molecule has 0 aliphatic heterocycles. The van der Waals surface area contributed by atoms with Gasteiger partial charge in [0.05, 0.1) is 40.5 Å². The van der Waals surface area contributed by atoms with Gasteiger partial charge in [0.15, 0.2) is 0 Å². The van der Waals surface area contributed by atoms with Gasteiger partial charge in [0.1, 0.15) is 0 Å². The van der Waals surface area contributed by atoms with Gasteiger partial charge in [0.25, 0.3) is 5.24 Å². The van der Waals surface area contributed by atoms with Gasteiger partial charge in [0, 0.05) is 47.3 Å². The fraction of sp³-hybridized carbons (Fsp3) is 0.882. The number of carbonyl (C=O) groups is 1. The quantitative estimate of drug-likeness (QED) is 0.0436. The summed E-state index contributed by atoms with van der Waals surface area (Å²) >= 11 is 18.0. The minimum Gasteiger partial charge on any atom is -0.395 e. The van der Waals surface area contributed by atoms with E-state index in [1.165, 1.54) is 17.3 Å². The highest BCUT2D eigenvalue weighted by Crippen LogP contribution is 2.23. The third-order valence-corrected chi connectivity index (χ3v) is 15.3. The predicted molar refractivity (Wildman–Crippen MR) is 180 cm³/mol. The predicted octanol–water partition coefficient (Wildman–Crippen LogP) is 5.94. The Morgan fingerprint density at radius 2 is 1.38 bits per heavy atom. The van der Waals surface area contributed by atoms with E-state index in [-0.39, 0.29) is 17.6 Å². The zero-order valence-electron chi connectivity index (χ0n) is 19.2. The fourth-order valence-electron chi connectivity index (χ4n) is 1.50. The topological polar surface area (TPSA) is 90.8 Å². The van der Waals surface area contributed by atoms with E-state index in [0.29, 0.717) is 11.8 Å². The van der Waals surface area contributed by atoms with Gasteiger partial charge in [-0.3, -0.25) is 19.3 Å². The van der Waals surface area contributed by atoms with E-state index in [1.807, 2.05) is 70.6 Å². The Morgan fingerprint density at radius 1 is 0.824 bits per heavy atom. The van der Waals surface area contributed by atoms with E-state index < -0.39 is 10.8 Å². The Bertz CT molecular complexity index is 511. The van der Waals surface area contributed by atoms with E-state index in [4.69, 9.17) is 5.11 Å². The SMILES string of the molecule is CCSCNCSCSCSCSCSC(=O)NCSCSCSCSC/N=C\S(=O)CCO. The molecule has 0 aliphatic rings. The summed E-state index contributed by atoms with van der Waals surface area (Å²) in [6, 6.07) is 0. The average Bonchev–Trinajstić information content (AvgIpc) is 2.83. The van der Waals surface area contributed by atoms with Gasteiger partial charge in [-0.05, 0) is 5.75 Å². The van der Waals surface area contributed by atoms with Crippen LogP contribution in [0.3, 0.4) is 0 Å². The molecule has 0 heterocycles. The molecule has 34 heavy (non-hydrogen) atoms. The Kier molecular flexibility index (Phi) is 34.5. The van der Waals surface area contributed by atoms with E-state index in [2.05, 4.69) is 22.5 Å². The second-order valence-electron chi connectivity index (χ2n) is 5.47. The van der Waals surface area contributed by atoms with Crippen LogP contribution in [0, 0.1) is 0 Å². The minimum atomic E-state index is -1.15. The van der Waals surface area contributed by atoms with E-state index in [0.717, 1.165) is 53.1 Å². The van der Waals surface area contributed by atoms with Crippen molar-refractivity contribution >= 4 is 139 Å². The molecule has 3 N–H and O–H groups in total. The standard InChI is InChI=1S/C17H35N3O3S11/c1-2-24-5-18-6-25-10-28-14-31-15-32-16-33-17(22)20-8-27-12-30-13-29-11-26-7-19-9-34(23)4-3-21/h9,18,21H,2-8,10-16H2,1H3,(H,20,22)/b19-9-. The van der Waals surface area contributed by atoms with Crippen LogP contribution in [-0.2, 0) is 10.8 Å². The summed E-state index contributed by atoms with van der Waals surface area (Å²) in [5.74, 6) is 4.73. The summed E-state index contributed by atoms with van der Waals surface area (Å²) in [6.07, 6.45) is 0. The summed E-state index contributed by atoms with van der Waals surface area (Å²) in [5, 5.41) is 22.0. The molecule has 0 aromatic rings. The molecule has 1 atom stereocenters. The summed E-state index contributed by atoms with van der Waals surface area (Å²) in [4.78, 5) is 15.9. The number of nitrogens with zero attached hydrogens (tertiary/aromatic N) is 1. The maximum absolute atomic E-state index is 11.8. The molecular weight excluding hydrogens is 647 g/mol. The summed E-state index contributed by atoms with van der Waals surface area (Å²) < 4.78 is 11.2. The largest absolute Gasteiger partial charge is 0.395 e. The smallest absolute Gasteiger partial charge is 0.280 e. The minimum absolute atomic E-state index is 0.0563. The average molecular weight is 682 g/mol. The molecule has 0 fully saturated rings. The van der Waals surface area contributed by atoms with E-state index in [1.54, 1.807) is 35.3 Å². The number of aliphatic hydroxyl groups excluding tert-OH is 1. The van der Waals surface area contributed by atoms with E-state index in [9.17, 15) is 9.00 Å². The van der Waals surface area contributed by atoms with Crippen LogP contribution >= 0.6 is 118 Å². The number of aliphatic imine (C=N–C) groups is 1. The zero-order valence-corrected chi connectivity index (χ0v) is 28.2. The number of aliphatic hydroxyl groups is 1. The molecule has 0 rings (SSSR count). The van der Waals surface area contributed by atoms with Gasteiger partial charge >= 0.3 is 0 Å². The number of carbonyl (C=O) groups excluding carboxylic acids is 1.